The Balaban J connectivity index is 1.34. The van der Waals surface area contributed by atoms with Crippen LogP contribution in [0.5, 0.6) is 5.75 Å². The number of aliphatic imine (C=N–C) groups is 1. The number of benzene rings is 3. The van der Waals surface area contributed by atoms with Crippen molar-refractivity contribution in [2.45, 2.75) is 0 Å². The van der Waals surface area contributed by atoms with Crippen LogP contribution in [0.15, 0.2) is 77.8 Å². The molecule has 3 aromatic carbocycles. The van der Waals surface area contributed by atoms with Gasteiger partial charge in [0.1, 0.15) is 5.75 Å². The average molecular weight is 431 g/mol. The van der Waals surface area contributed by atoms with Gasteiger partial charge in [-0.25, -0.2) is 4.79 Å². The maximum atomic E-state index is 12.2. The highest BCUT2D eigenvalue weighted by atomic mass is 16.6. The monoisotopic (exact) mass is 431 g/mol. The molecule has 0 aromatic heterocycles. The first-order chi connectivity index (χ1) is 15.6. The fourth-order valence-electron chi connectivity index (χ4n) is 3.23. The molecular weight excluding hydrogens is 410 g/mol. The zero-order valence-corrected chi connectivity index (χ0v) is 17.2. The Morgan fingerprint density at radius 3 is 2.25 bits per heavy atom. The van der Waals surface area contributed by atoms with E-state index in [2.05, 4.69) is 22.0 Å². The van der Waals surface area contributed by atoms with Gasteiger partial charge in [0.15, 0.2) is 0 Å². The highest BCUT2D eigenvalue weighted by Gasteiger charge is 2.12. The van der Waals surface area contributed by atoms with Crippen LogP contribution in [0.25, 0.3) is 0 Å². The standard InChI is InChI=1S/C24H21N3O5/c28-24(19-3-7-22(8-4-19)27(29)30)32-23-11-1-18(2-12-23)17-25-20-5-9-21(10-6-20)26-13-15-31-16-14-26/h1-12,17H,13-16H2. The van der Waals surface area contributed by atoms with E-state index in [1.807, 2.05) is 12.1 Å². The van der Waals surface area contributed by atoms with Gasteiger partial charge in [0.25, 0.3) is 5.69 Å². The Morgan fingerprint density at radius 2 is 1.62 bits per heavy atom. The number of anilines is 1. The van der Waals surface area contributed by atoms with Crippen molar-refractivity contribution in [3.63, 3.8) is 0 Å². The van der Waals surface area contributed by atoms with Gasteiger partial charge < -0.3 is 14.4 Å². The Bertz CT molecular complexity index is 1100. The minimum absolute atomic E-state index is 0.0825. The van der Waals surface area contributed by atoms with E-state index in [9.17, 15) is 14.9 Å². The molecule has 0 spiro atoms. The molecule has 1 heterocycles. The Hall–Kier alpha value is -4.04. The van der Waals surface area contributed by atoms with Crippen LogP contribution in [0, 0.1) is 10.1 Å². The SMILES string of the molecule is O=C(Oc1ccc(C=Nc2ccc(N3CCOCC3)cc2)cc1)c1ccc([N+](=O)[O-])cc1. The van der Waals surface area contributed by atoms with Crippen molar-refractivity contribution in [3.05, 3.63) is 94.0 Å². The normalized spacial score (nSPS) is 13.8. The summed E-state index contributed by atoms with van der Waals surface area (Å²) in [6, 6.07) is 20.3. The van der Waals surface area contributed by atoms with Crippen molar-refractivity contribution in [2.75, 3.05) is 31.2 Å². The quantitative estimate of drug-likeness (QED) is 0.189. The number of non-ortho nitro benzene ring substituents is 1. The third-order valence-corrected chi connectivity index (χ3v) is 4.99. The number of nitrogens with zero attached hydrogens (tertiary/aromatic N) is 3. The summed E-state index contributed by atoms with van der Waals surface area (Å²) >= 11 is 0. The third kappa shape index (κ3) is 5.35. The number of hydrogen-bond acceptors (Lipinski definition) is 7. The van der Waals surface area contributed by atoms with E-state index < -0.39 is 10.9 Å². The number of ether oxygens (including phenoxy) is 2. The van der Waals surface area contributed by atoms with Gasteiger partial charge in [0, 0.05) is 37.1 Å². The lowest BCUT2D eigenvalue weighted by molar-refractivity contribution is -0.384. The Labute approximate surface area is 184 Å². The highest BCUT2D eigenvalue weighted by Crippen LogP contribution is 2.21. The number of carbonyl (C=O) groups is 1. The molecule has 1 aliphatic rings. The van der Waals surface area contributed by atoms with Gasteiger partial charge in [-0.05, 0) is 66.2 Å². The fourth-order valence-corrected chi connectivity index (χ4v) is 3.23. The molecule has 0 radical (unpaired) electrons. The van der Waals surface area contributed by atoms with Gasteiger partial charge in [-0.1, -0.05) is 0 Å². The van der Waals surface area contributed by atoms with Crippen LogP contribution in [0.4, 0.5) is 17.1 Å². The molecule has 162 valence electrons. The molecule has 0 saturated carbocycles. The maximum Gasteiger partial charge on any atom is 0.343 e. The second-order valence-corrected chi connectivity index (χ2v) is 7.14. The van der Waals surface area contributed by atoms with Crippen LogP contribution < -0.4 is 9.64 Å². The summed E-state index contributed by atoms with van der Waals surface area (Å²) in [6.07, 6.45) is 1.74. The number of rotatable bonds is 6. The minimum atomic E-state index is -0.582. The van der Waals surface area contributed by atoms with E-state index in [1.54, 1.807) is 30.5 Å². The second-order valence-electron chi connectivity index (χ2n) is 7.14. The van der Waals surface area contributed by atoms with Gasteiger partial charge in [-0.2, -0.15) is 0 Å². The van der Waals surface area contributed by atoms with Crippen LogP contribution in [-0.2, 0) is 4.74 Å². The van der Waals surface area contributed by atoms with Gasteiger partial charge in [0.05, 0.1) is 29.4 Å². The van der Waals surface area contributed by atoms with Crippen LogP contribution in [0.1, 0.15) is 15.9 Å². The highest BCUT2D eigenvalue weighted by molar-refractivity contribution is 5.91. The van der Waals surface area contributed by atoms with Crippen LogP contribution in [0.3, 0.4) is 0 Å². The molecule has 3 aromatic rings. The largest absolute Gasteiger partial charge is 0.423 e. The molecule has 0 aliphatic carbocycles. The summed E-state index contributed by atoms with van der Waals surface area (Å²) in [5.41, 5.74) is 3.02. The van der Waals surface area contributed by atoms with Crippen molar-refractivity contribution in [2.24, 2.45) is 4.99 Å². The van der Waals surface area contributed by atoms with Crippen molar-refractivity contribution in [1.29, 1.82) is 0 Å². The molecule has 0 amide bonds. The van der Waals surface area contributed by atoms with Gasteiger partial charge in [0.2, 0.25) is 0 Å². The number of morpholine rings is 1. The molecule has 1 saturated heterocycles. The Morgan fingerprint density at radius 1 is 0.969 bits per heavy atom. The van der Waals surface area contributed by atoms with Gasteiger partial charge in [-0.15, -0.1) is 0 Å². The first-order valence-corrected chi connectivity index (χ1v) is 10.1. The van der Waals surface area contributed by atoms with E-state index in [0.717, 1.165) is 43.2 Å². The molecule has 8 heteroatoms. The van der Waals surface area contributed by atoms with Crippen molar-refractivity contribution in [1.82, 2.24) is 0 Å². The molecule has 0 N–H and O–H groups in total. The van der Waals surface area contributed by atoms with Crippen molar-refractivity contribution >= 4 is 29.2 Å². The molecule has 8 nitrogen and oxygen atoms in total. The molecule has 4 rings (SSSR count). The topological polar surface area (TPSA) is 94.3 Å². The summed E-state index contributed by atoms with van der Waals surface area (Å²) in [4.78, 5) is 29.2. The molecule has 32 heavy (non-hydrogen) atoms. The molecular formula is C24H21N3O5. The second kappa shape index (κ2) is 9.84. The zero-order chi connectivity index (χ0) is 22.3. The number of nitro benzene ring substituents is 1. The van der Waals surface area contributed by atoms with Crippen LogP contribution in [0.2, 0.25) is 0 Å². The summed E-state index contributed by atoms with van der Waals surface area (Å²) in [5.74, 6) is -0.206. The first kappa shape index (κ1) is 21.2. The molecule has 1 fully saturated rings. The molecule has 1 aliphatic heterocycles. The average Bonchev–Trinajstić information content (AvgIpc) is 2.84. The predicted molar refractivity (Wildman–Crippen MR) is 121 cm³/mol. The van der Waals surface area contributed by atoms with E-state index >= 15 is 0 Å². The first-order valence-electron chi connectivity index (χ1n) is 10.1. The summed E-state index contributed by atoms with van der Waals surface area (Å²) in [7, 11) is 0. The Kier molecular flexibility index (Phi) is 6.52. The van der Waals surface area contributed by atoms with Gasteiger partial charge in [-0.3, -0.25) is 15.1 Å². The lowest BCUT2D eigenvalue weighted by Crippen LogP contribution is -2.36. The van der Waals surface area contributed by atoms with E-state index in [0.29, 0.717) is 5.75 Å². The lowest BCUT2D eigenvalue weighted by atomic mass is 10.2. The summed E-state index contributed by atoms with van der Waals surface area (Å²) in [6.45, 7) is 3.28. The lowest BCUT2D eigenvalue weighted by Gasteiger charge is -2.28. The maximum absolute atomic E-state index is 12.2. The van der Waals surface area contributed by atoms with E-state index in [-0.39, 0.29) is 11.3 Å². The van der Waals surface area contributed by atoms with Crippen LogP contribution in [-0.4, -0.2) is 43.4 Å². The number of esters is 1. The molecule has 0 bridgehead atoms. The minimum Gasteiger partial charge on any atom is -0.423 e. The zero-order valence-electron chi connectivity index (χ0n) is 17.2. The fraction of sp³-hybridized carbons (Fsp3) is 0.167. The summed E-state index contributed by atoms with van der Waals surface area (Å²) in [5, 5.41) is 10.7. The van der Waals surface area contributed by atoms with Crippen molar-refractivity contribution < 1.29 is 19.2 Å². The molecule has 0 atom stereocenters. The van der Waals surface area contributed by atoms with E-state index in [4.69, 9.17) is 9.47 Å². The number of hydrogen-bond donors (Lipinski definition) is 0. The van der Waals surface area contributed by atoms with Crippen LogP contribution >= 0.6 is 0 Å². The number of nitro groups is 1. The molecule has 0 unspecified atom stereocenters. The third-order valence-electron chi connectivity index (χ3n) is 4.99. The van der Waals surface area contributed by atoms with Gasteiger partial charge >= 0.3 is 5.97 Å². The summed E-state index contributed by atoms with van der Waals surface area (Å²) < 4.78 is 10.7. The predicted octanol–water partition coefficient (Wildman–Crippen LogP) is 4.40. The van der Waals surface area contributed by atoms with Crippen molar-refractivity contribution in [3.8, 4) is 5.75 Å². The van der Waals surface area contributed by atoms with E-state index in [1.165, 1.54) is 24.3 Å². The smallest absolute Gasteiger partial charge is 0.343 e. The number of carbonyl (C=O) groups excluding carboxylic acids is 1.